The van der Waals surface area contributed by atoms with E-state index in [1.807, 2.05) is 0 Å². The van der Waals surface area contributed by atoms with Gasteiger partial charge in [0.2, 0.25) is 5.91 Å². The summed E-state index contributed by atoms with van der Waals surface area (Å²) in [6.45, 7) is 2.62. The predicted octanol–water partition coefficient (Wildman–Crippen LogP) is 6.37. The van der Waals surface area contributed by atoms with Crippen molar-refractivity contribution in [1.29, 1.82) is 0 Å². The van der Waals surface area contributed by atoms with Crippen molar-refractivity contribution in [3.63, 3.8) is 0 Å². The number of anilines is 1. The van der Waals surface area contributed by atoms with Gasteiger partial charge in [0.15, 0.2) is 5.82 Å². The minimum atomic E-state index is -3.29. The number of carbonyl (C=O) groups excluding carboxylic acids is 1. The highest BCUT2D eigenvalue weighted by Gasteiger charge is 2.35. The first-order valence-corrected chi connectivity index (χ1v) is 16.6. The monoisotopic (exact) mass is 725 g/mol. The molecule has 3 aromatic heterocycles. The zero-order chi connectivity index (χ0) is 36.1. The molecule has 1 saturated carbocycles. The Hall–Kier alpha value is -4.50. The topological polar surface area (TPSA) is 124 Å². The third kappa shape index (κ3) is 7.78. The second kappa shape index (κ2) is 13.3. The van der Waals surface area contributed by atoms with Crippen LogP contribution in [0.2, 0.25) is 5.02 Å². The van der Waals surface area contributed by atoms with Gasteiger partial charge in [-0.25, -0.2) is 13.8 Å². The number of hydrogen-bond acceptors (Lipinski definition) is 6. The van der Waals surface area contributed by atoms with Crippen molar-refractivity contribution in [2.45, 2.75) is 62.9 Å². The first-order valence-electron chi connectivity index (χ1n) is 15.6. The molecule has 0 aliphatic heterocycles. The number of aromatic nitrogens is 5. The molecule has 4 N–H and O–H groups in total. The SMILES string of the molecule is Cn1nc(N)c2c(Cl)ccc(-c3ccc(C#CC(C)(C)O)nc3[C@H](Cc3cc(F)cc(F)c3)NC(=O)Cn3nc(C(F)(F)P)cc3C3CC3)c21. The van der Waals surface area contributed by atoms with E-state index in [9.17, 15) is 27.5 Å². The lowest BCUT2D eigenvalue weighted by Gasteiger charge is -2.23. The van der Waals surface area contributed by atoms with Crippen LogP contribution in [0.5, 0.6) is 0 Å². The van der Waals surface area contributed by atoms with Gasteiger partial charge in [-0.2, -0.15) is 19.0 Å². The number of nitrogens with zero attached hydrogens (tertiary/aromatic N) is 5. The molecule has 0 saturated heterocycles. The zero-order valence-corrected chi connectivity index (χ0v) is 29.1. The Morgan fingerprint density at radius 1 is 1.12 bits per heavy atom. The summed E-state index contributed by atoms with van der Waals surface area (Å²) in [5.41, 5.74) is 3.94. The maximum absolute atomic E-state index is 14.4. The standard InChI is InChI=1S/C35H33ClF4N7O2P/c1-34(2,49)11-10-22-6-7-23(24-8-9-25(36)30-32(24)46(3)45-33(30)41)31(42-22)26(14-18-12-20(37)15-21(38)13-18)43-29(48)17-47-27(19-4-5-19)16-28(44-47)35(39,40)50/h6-9,12-13,15-16,19,26,49H,4-5,14,17,50H2,1-3H3,(H2,41,45)(H,43,48)/t26-/m0/s1. The molecule has 1 fully saturated rings. The molecule has 2 aromatic carbocycles. The van der Waals surface area contributed by atoms with Crippen molar-refractivity contribution in [3.05, 3.63) is 93.5 Å². The van der Waals surface area contributed by atoms with Gasteiger partial charge in [-0.3, -0.25) is 14.2 Å². The number of alkyl halides is 2. The lowest BCUT2D eigenvalue weighted by molar-refractivity contribution is -0.122. The van der Waals surface area contributed by atoms with Gasteiger partial charge in [-0.05, 0) is 81.0 Å². The fourth-order valence-electron chi connectivity index (χ4n) is 5.87. The van der Waals surface area contributed by atoms with Crippen LogP contribution in [-0.2, 0) is 30.5 Å². The third-order valence-electron chi connectivity index (χ3n) is 8.14. The molecular formula is C35H33ClF4N7O2P. The Labute approximate surface area is 292 Å². The molecule has 1 aliphatic rings. The molecule has 50 heavy (non-hydrogen) atoms. The normalized spacial score (nSPS) is 14.0. The Kier molecular flexibility index (Phi) is 9.41. The highest BCUT2D eigenvalue weighted by molar-refractivity contribution is 7.17. The molecule has 9 nitrogen and oxygen atoms in total. The van der Waals surface area contributed by atoms with Crippen molar-refractivity contribution >= 4 is 43.5 Å². The number of benzene rings is 2. The van der Waals surface area contributed by atoms with Gasteiger partial charge < -0.3 is 16.2 Å². The lowest BCUT2D eigenvalue weighted by Crippen LogP contribution is -2.34. The number of nitrogen functional groups attached to an aromatic ring is 1. The van der Waals surface area contributed by atoms with Gasteiger partial charge in [-0.15, -0.1) is 0 Å². The van der Waals surface area contributed by atoms with E-state index in [2.05, 4.69) is 27.4 Å². The number of pyridine rings is 1. The first-order chi connectivity index (χ1) is 23.5. The minimum Gasteiger partial charge on any atom is -0.382 e. The van der Waals surface area contributed by atoms with Crippen molar-refractivity contribution in [3.8, 4) is 23.0 Å². The van der Waals surface area contributed by atoms with E-state index in [0.29, 0.717) is 32.7 Å². The van der Waals surface area contributed by atoms with Gasteiger partial charge in [0.25, 0.3) is 0 Å². The third-order valence-corrected chi connectivity index (χ3v) is 8.76. The van der Waals surface area contributed by atoms with Crippen LogP contribution in [0, 0.1) is 23.5 Å². The molecule has 5 aromatic rings. The second-order valence-electron chi connectivity index (χ2n) is 12.9. The summed E-state index contributed by atoms with van der Waals surface area (Å²) in [5, 5.41) is 22.4. The number of halogens is 5. The number of nitrogens with two attached hydrogens (primary N) is 1. The minimum absolute atomic E-state index is 0.000381. The summed E-state index contributed by atoms with van der Waals surface area (Å²) < 4.78 is 60.2. The summed E-state index contributed by atoms with van der Waals surface area (Å²) >= 11 is 6.52. The molecule has 15 heteroatoms. The Morgan fingerprint density at radius 3 is 2.44 bits per heavy atom. The van der Waals surface area contributed by atoms with Gasteiger partial charge in [0, 0.05) is 35.9 Å². The van der Waals surface area contributed by atoms with Gasteiger partial charge in [0.1, 0.15) is 35.2 Å². The number of aryl methyl sites for hydroxylation is 1. The maximum Gasteiger partial charge on any atom is 0.302 e. The molecule has 1 unspecified atom stereocenters. The van der Waals surface area contributed by atoms with E-state index >= 15 is 0 Å². The highest BCUT2D eigenvalue weighted by atomic mass is 35.5. The first kappa shape index (κ1) is 35.3. The number of nitrogens with one attached hydrogen (secondary N) is 1. The van der Waals surface area contributed by atoms with Crippen LogP contribution in [0.3, 0.4) is 0 Å². The van der Waals surface area contributed by atoms with Gasteiger partial charge in [0.05, 0.1) is 27.7 Å². The van der Waals surface area contributed by atoms with Crippen LogP contribution < -0.4 is 11.1 Å². The molecule has 2 atom stereocenters. The van der Waals surface area contributed by atoms with Crippen LogP contribution in [0.4, 0.5) is 23.4 Å². The Morgan fingerprint density at radius 2 is 1.80 bits per heavy atom. The van der Waals surface area contributed by atoms with Crippen molar-refractivity contribution in [1.82, 2.24) is 29.9 Å². The van der Waals surface area contributed by atoms with E-state index in [-0.39, 0.29) is 35.1 Å². The average molecular weight is 726 g/mol. The summed E-state index contributed by atoms with van der Waals surface area (Å²) in [5.74, 6) is 3.52. The molecule has 1 aliphatic carbocycles. The second-order valence-corrected chi connectivity index (χ2v) is 14.0. The highest BCUT2D eigenvalue weighted by Crippen LogP contribution is 2.43. The van der Waals surface area contributed by atoms with E-state index < -0.39 is 47.1 Å². The number of rotatable bonds is 9. The zero-order valence-electron chi connectivity index (χ0n) is 27.2. The fourth-order valence-corrected chi connectivity index (χ4v) is 6.26. The molecule has 3 heterocycles. The van der Waals surface area contributed by atoms with Crippen molar-refractivity contribution in [2.75, 3.05) is 5.73 Å². The summed E-state index contributed by atoms with van der Waals surface area (Å²) in [6, 6.07) is 10.0. The summed E-state index contributed by atoms with van der Waals surface area (Å²) in [7, 11) is 3.15. The van der Waals surface area contributed by atoms with Gasteiger partial charge in [-0.1, -0.05) is 32.8 Å². The predicted molar refractivity (Wildman–Crippen MR) is 185 cm³/mol. The number of fused-ring (bicyclic) bond motifs is 1. The van der Waals surface area contributed by atoms with Crippen molar-refractivity contribution in [2.24, 2.45) is 7.05 Å². The molecule has 260 valence electrons. The molecule has 0 radical (unpaired) electrons. The number of carbonyl (C=O) groups is 1. The summed E-state index contributed by atoms with van der Waals surface area (Å²) in [4.78, 5) is 18.6. The van der Waals surface area contributed by atoms with Crippen molar-refractivity contribution < 1.29 is 27.5 Å². The van der Waals surface area contributed by atoms with E-state index in [4.69, 9.17) is 22.3 Å². The van der Waals surface area contributed by atoms with Crippen LogP contribution in [0.1, 0.15) is 67.0 Å². The van der Waals surface area contributed by atoms with E-state index in [0.717, 1.165) is 31.0 Å². The maximum atomic E-state index is 14.4. The number of amides is 1. The largest absolute Gasteiger partial charge is 0.382 e. The van der Waals surface area contributed by atoms with E-state index in [1.165, 1.54) is 33.8 Å². The summed E-state index contributed by atoms with van der Waals surface area (Å²) in [6.07, 6.45) is 1.43. The quantitative estimate of drug-likeness (QED) is 0.0923. The lowest BCUT2D eigenvalue weighted by atomic mass is 9.93. The smallest absolute Gasteiger partial charge is 0.302 e. The van der Waals surface area contributed by atoms with Gasteiger partial charge >= 0.3 is 5.66 Å². The average Bonchev–Trinajstić information content (AvgIpc) is 3.69. The Balaban J connectivity index is 1.50. The number of aliphatic hydroxyl groups is 1. The van der Waals surface area contributed by atoms with Crippen LogP contribution >= 0.6 is 20.8 Å². The molecular weight excluding hydrogens is 693 g/mol. The number of hydrogen-bond donors (Lipinski definition) is 3. The van der Waals surface area contributed by atoms with Crippen LogP contribution in [0.25, 0.3) is 22.0 Å². The molecule has 0 bridgehead atoms. The molecule has 1 amide bonds. The van der Waals surface area contributed by atoms with Crippen LogP contribution in [-0.4, -0.2) is 41.2 Å². The molecule has 0 spiro atoms. The fraction of sp³-hybridized carbons (Fsp3) is 0.314. The molecule has 6 rings (SSSR count). The Bertz CT molecular complexity index is 2170. The van der Waals surface area contributed by atoms with E-state index in [1.54, 1.807) is 36.0 Å². The van der Waals surface area contributed by atoms with Crippen LogP contribution in [0.15, 0.2) is 48.5 Å².